The van der Waals surface area contributed by atoms with E-state index in [9.17, 15) is 5.26 Å². The molecule has 0 unspecified atom stereocenters. The molecule has 0 spiro atoms. The van der Waals surface area contributed by atoms with Crippen LogP contribution in [0.1, 0.15) is 36.5 Å². The van der Waals surface area contributed by atoms with Crippen molar-refractivity contribution in [3.63, 3.8) is 0 Å². The van der Waals surface area contributed by atoms with Crippen molar-refractivity contribution in [1.29, 1.82) is 5.26 Å². The number of fused-ring (bicyclic) bond motifs is 1. The highest BCUT2D eigenvalue weighted by Crippen LogP contribution is 2.29. The minimum atomic E-state index is 0.438. The van der Waals surface area contributed by atoms with Crippen molar-refractivity contribution >= 4 is 34.9 Å². The quantitative estimate of drug-likeness (QED) is 0.767. The highest BCUT2D eigenvalue weighted by molar-refractivity contribution is 6.43. The lowest BCUT2D eigenvalue weighted by Gasteiger charge is -2.06. The average Bonchev–Trinajstić information content (AvgIpc) is 2.77. The van der Waals surface area contributed by atoms with E-state index in [2.05, 4.69) is 16.3 Å². The van der Waals surface area contributed by atoms with Gasteiger partial charge < -0.3 is 4.57 Å². The number of benzene rings is 1. The maximum absolute atomic E-state index is 9.52. The lowest BCUT2D eigenvalue weighted by molar-refractivity contribution is 0.627. The number of nitrogens with zero attached hydrogens (tertiary/aromatic N) is 4. The monoisotopic (exact) mass is 332 g/mol. The van der Waals surface area contributed by atoms with Crippen LogP contribution in [0.25, 0.3) is 11.6 Å². The molecule has 0 bridgehead atoms. The van der Waals surface area contributed by atoms with E-state index in [0.717, 1.165) is 31.6 Å². The normalized spacial score (nSPS) is 15.0. The molecule has 1 aliphatic heterocycles. The third-order valence-corrected chi connectivity index (χ3v) is 4.59. The van der Waals surface area contributed by atoms with Crippen LogP contribution in [0.5, 0.6) is 0 Å². The summed E-state index contributed by atoms with van der Waals surface area (Å²) in [6.45, 7) is 0.847. The van der Waals surface area contributed by atoms with Crippen LogP contribution in [0, 0.1) is 11.3 Å². The second-order valence-corrected chi connectivity index (χ2v) is 6.00. The molecule has 2 heterocycles. The molecule has 22 heavy (non-hydrogen) atoms. The second kappa shape index (κ2) is 6.51. The van der Waals surface area contributed by atoms with Crippen molar-refractivity contribution in [2.45, 2.75) is 32.2 Å². The van der Waals surface area contributed by atoms with Crippen LogP contribution in [0.15, 0.2) is 18.2 Å². The van der Waals surface area contributed by atoms with E-state index in [4.69, 9.17) is 23.2 Å². The summed E-state index contributed by atoms with van der Waals surface area (Å²) < 4.78 is 2.04. The predicted molar refractivity (Wildman–Crippen MR) is 87.5 cm³/mol. The van der Waals surface area contributed by atoms with E-state index in [-0.39, 0.29) is 0 Å². The number of aryl methyl sites for hydroxylation is 1. The van der Waals surface area contributed by atoms with Gasteiger partial charge in [-0.2, -0.15) is 5.26 Å². The SMILES string of the molecule is N#C/C(=C\c1cccc(Cl)c1Cl)c1nnc2n1CCCCC2. The minimum Gasteiger partial charge on any atom is -0.310 e. The molecule has 6 heteroatoms. The van der Waals surface area contributed by atoms with Gasteiger partial charge in [0, 0.05) is 13.0 Å². The molecule has 1 aromatic carbocycles. The van der Waals surface area contributed by atoms with E-state index >= 15 is 0 Å². The molecule has 1 aromatic heterocycles. The Balaban J connectivity index is 2.05. The van der Waals surface area contributed by atoms with Crippen LogP contribution >= 0.6 is 23.2 Å². The zero-order chi connectivity index (χ0) is 15.5. The molecule has 112 valence electrons. The van der Waals surface area contributed by atoms with Crippen molar-refractivity contribution < 1.29 is 0 Å². The largest absolute Gasteiger partial charge is 0.310 e. The van der Waals surface area contributed by atoms with Crippen molar-refractivity contribution in [2.75, 3.05) is 0 Å². The molecule has 3 rings (SSSR count). The van der Waals surface area contributed by atoms with Crippen LogP contribution in [0.4, 0.5) is 0 Å². The molecular weight excluding hydrogens is 319 g/mol. The van der Waals surface area contributed by atoms with E-state index in [1.807, 2.05) is 10.6 Å². The van der Waals surface area contributed by atoms with E-state index in [1.54, 1.807) is 18.2 Å². The molecule has 0 radical (unpaired) electrons. The fourth-order valence-electron chi connectivity index (χ4n) is 2.62. The molecular formula is C16H14Cl2N4. The van der Waals surface area contributed by atoms with Crippen LogP contribution in [0.2, 0.25) is 10.0 Å². The maximum atomic E-state index is 9.52. The van der Waals surface area contributed by atoms with Gasteiger partial charge in [-0.3, -0.25) is 0 Å². The molecule has 2 aromatic rings. The van der Waals surface area contributed by atoms with Crippen LogP contribution in [-0.4, -0.2) is 14.8 Å². The number of allylic oxidation sites excluding steroid dienone is 1. The van der Waals surface area contributed by atoms with Crippen LogP contribution in [-0.2, 0) is 13.0 Å². The molecule has 0 atom stereocenters. The van der Waals surface area contributed by atoms with Crippen LogP contribution in [0.3, 0.4) is 0 Å². The highest BCUT2D eigenvalue weighted by Gasteiger charge is 2.18. The first kappa shape index (κ1) is 15.1. The van der Waals surface area contributed by atoms with Gasteiger partial charge in [-0.25, -0.2) is 0 Å². The van der Waals surface area contributed by atoms with E-state index in [1.165, 1.54) is 6.42 Å². The van der Waals surface area contributed by atoms with Gasteiger partial charge in [0.15, 0.2) is 5.82 Å². The van der Waals surface area contributed by atoms with Crippen LogP contribution < -0.4 is 0 Å². The summed E-state index contributed by atoms with van der Waals surface area (Å²) in [6, 6.07) is 7.55. The van der Waals surface area contributed by atoms with Gasteiger partial charge in [0.1, 0.15) is 11.9 Å². The van der Waals surface area contributed by atoms with E-state index < -0.39 is 0 Å². The average molecular weight is 333 g/mol. The lowest BCUT2D eigenvalue weighted by atomic mass is 10.1. The Kier molecular flexibility index (Phi) is 4.47. The summed E-state index contributed by atoms with van der Waals surface area (Å²) in [5.41, 5.74) is 1.15. The van der Waals surface area contributed by atoms with Gasteiger partial charge in [0.05, 0.1) is 15.6 Å². The second-order valence-electron chi connectivity index (χ2n) is 5.21. The number of aromatic nitrogens is 3. The molecule has 0 fully saturated rings. The zero-order valence-corrected chi connectivity index (χ0v) is 13.4. The first-order valence-electron chi connectivity index (χ1n) is 7.19. The smallest absolute Gasteiger partial charge is 0.174 e. The Hall–Kier alpha value is -1.83. The lowest BCUT2D eigenvalue weighted by Crippen LogP contribution is -2.05. The number of rotatable bonds is 2. The Morgan fingerprint density at radius 1 is 1.23 bits per heavy atom. The fraction of sp³-hybridized carbons (Fsp3) is 0.312. The summed E-state index contributed by atoms with van der Waals surface area (Å²) in [7, 11) is 0. The standard InChI is InChI=1S/C16H14Cl2N4/c17-13-6-4-5-11(15(13)18)9-12(10-19)16-21-20-14-7-2-1-3-8-22(14)16/h4-6,9H,1-3,7-8H2/b12-9+. The third kappa shape index (κ3) is 2.87. The van der Waals surface area contributed by atoms with Gasteiger partial charge in [-0.05, 0) is 30.5 Å². The molecule has 0 saturated carbocycles. The summed E-state index contributed by atoms with van der Waals surface area (Å²) in [6.07, 6.45) is 5.99. The first-order chi connectivity index (χ1) is 10.7. The molecule has 0 saturated heterocycles. The minimum absolute atomic E-state index is 0.438. The van der Waals surface area contributed by atoms with Crippen molar-refractivity contribution in [2.24, 2.45) is 0 Å². The Morgan fingerprint density at radius 3 is 2.91 bits per heavy atom. The molecule has 4 nitrogen and oxygen atoms in total. The topological polar surface area (TPSA) is 54.5 Å². The summed E-state index contributed by atoms with van der Waals surface area (Å²) in [5, 5.41) is 18.9. The van der Waals surface area contributed by atoms with Crippen molar-refractivity contribution in [1.82, 2.24) is 14.8 Å². The highest BCUT2D eigenvalue weighted by atomic mass is 35.5. The summed E-state index contributed by atoms with van der Waals surface area (Å²) in [4.78, 5) is 0. The van der Waals surface area contributed by atoms with Gasteiger partial charge in [0.25, 0.3) is 0 Å². The van der Waals surface area contributed by atoms with Gasteiger partial charge in [0.2, 0.25) is 0 Å². The Bertz CT molecular complexity index is 771. The van der Waals surface area contributed by atoms with Gasteiger partial charge in [-0.1, -0.05) is 41.8 Å². The molecule has 0 N–H and O–H groups in total. The molecule has 0 amide bonds. The summed E-state index contributed by atoms with van der Waals surface area (Å²) in [5.74, 6) is 1.56. The van der Waals surface area contributed by atoms with Gasteiger partial charge >= 0.3 is 0 Å². The number of hydrogen-bond acceptors (Lipinski definition) is 3. The number of hydrogen-bond donors (Lipinski definition) is 0. The number of nitriles is 1. The van der Waals surface area contributed by atoms with Crippen molar-refractivity contribution in [3.05, 3.63) is 45.5 Å². The van der Waals surface area contributed by atoms with Crippen molar-refractivity contribution in [3.8, 4) is 6.07 Å². The fourth-order valence-corrected chi connectivity index (χ4v) is 2.98. The first-order valence-corrected chi connectivity index (χ1v) is 7.94. The van der Waals surface area contributed by atoms with Gasteiger partial charge in [-0.15, -0.1) is 10.2 Å². The molecule has 1 aliphatic rings. The maximum Gasteiger partial charge on any atom is 0.174 e. The molecule has 0 aliphatic carbocycles. The third-order valence-electron chi connectivity index (χ3n) is 3.75. The van der Waals surface area contributed by atoms with E-state index in [0.29, 0.717) is 27.0 Å². The Labute approximate surface area is 139 Å². The zero-order valence-electron chi connectivity index (χ0n) is 11.9. The predicted octanol–water partition coefficient (Wildman–Crippen LogP) is 4.38. The Morgan fingerprint density at radius 2 is 2.09 bits per heavy atom. The number of halogens is 2. The summed E-state index contributed by atoms with van der Waals surface area (Å²) >= 11 is 12.2.